The maximum absolute atomic E-state index is 12.0. The van der Waals surface area contributed by atoms with Crippen molar-refractivity contribution in [1.29, 1.82) is 0 Å². The Morgan fingerprint density at radius 3 is 2.68 bits per heavy atom. The molecule has 22 heavy (non-hydrogen) atoms. The number of amides is 1. The molecule has 0 fully saturated rings. The van der Waals surface area contributed by atoms with Gasteiger partial charge in [0, 0.05) is 5.56 Å². The lowest BCUT2D eigenvalue weighted by molar-refractivity contribution is 0.0962. The molecule has 3 rings (SSSR count). The number of anilines is 1. The van der Waals surface area contributed by atoms with Crippen LogP contribution in [0.5, 0.6) is 5.75 Å². The van der Waals surface area contributed by atoms with Gasteiger partial charge < -0.3 is 4.74 Å². The third-order valence-electron chi connectivity index (χ3n) is 3.18. The van der Waals surface area contributed by atoms with Crippen molar-refractivity contribution in [3.63, 3.8) is 0 Å². The first-order valence-electron chi connectivity index (χ1n) is 6.73. The molecule has 0 saturated carbocycles. The number of hydrazine groups is 1. The number of carbonyl (C=O) groups is 1. The minimum absolute atomic E-state index is 0.224. The maximum atomic E-state index is 12.0. The molecule has 0 aliphatic heterocycles. The average molecular weight is 313 g/mol. The summed E-state index contributed by atoms with van der Waals surface area (Å²) in [4.78, 5) is 16.5. The van der Waals surface area contributed by atoms with Crippen LogP contribution in [0, 0.1) is 6.92 Å². The Morgan fingerprint density at radius 1 is 1.18 bits per heavy atom. The number of hydrogen-bond donors (Lipinski definition) is 2. The highest BCUT2D eigenvalue weighted by Crippen LogP contribution is 2.26. The third kappa shape index (κ3) is 3.01. The highest BCUT2D eigenvalue weighted by atomic mass is 32.1. The lowest BCUT2D eigenvalue weighted by atomic mass is 10.2. The molecule has 0 radical (unpaired) electrons. The number of nitrogens with zero attached hydrogens (tertiary/aromatic N) is 1. The number of benzene rings is 2. The van der Waals surface area contributed by atoms with E-state index in [-0.39, 0.29) is 5.91 Å². The minimum Gasteiger partial charge on any atom is -0.497 e. The first-order valence-corrected chi connectivity index (χ1v) is 7.55. The molecule has 2 aromatic carbocycles. The van der Waals surface area contributed by atoms with E-state index in [1.807, 2.05) is 19.1 Å². The average Bonchev–Trinajstić information content (AvgIpc) is 2.94. The summed E-state index contributed by atoms with van der Waals surface area (Å²) in [5, 5.41) is 0.655. The van der Waals surface area contributed by atoms with Crippen molar-refractivity contribution >= 4 is 32.6 Å². The number of methoxy groups -OCH3 is 1. The zero-order chi connectivity index (χ0) is 15.5. The molecule has 0 bridgehead atoms. The first-order chi connectivity index (χ1) is 10.7. The van der Waals surface area contributed by atoms with Crippen LogP contribution in [0.3, 0.4) is 0 Å². The van der Waals surface area contributed by atoms with Crippen molar-refractivity contribution in [2.75, 3.05) is 12.5 Å². The fraction of sp³-hybridized carbons (Fsp3) is 0.125. The van der Waals surface area contributed by atoms with Crippen molar-refractivity contribution in [2.45, 2.75) is 6.92 Å². The van der Waals surface area contributed by atoms with E-state index in [9.17, 15) is 4.79 Å². The van der Waals surface area contributed by atoms with Crippen LogP contribution in [-0.2, 0) is 0 Å². The van der Waals surface area contributed by atoms with Crippen molar-refractivity contribution in [1.82, 2.24) is 10.4 Å². The molecule has 0 atom stereocenters. The third-order valence-corrected chi connectivity index (χ3v) is 4.11. The second-order valence-electron chi connectivity index (χ2n) is 4.80. The summed E-state index contributed by atoms with van der Waals surface area (Å²) in [7, 11) is 1.59. The van der Waals surface area contributed by atoms with E-state index >= 15 is 0 Å². The number of hydrogen-bond acceptors (Lipinski definition) is 5. The molecular weight excluding hydrogens is 298 g/mol. The molecule has 1 heterocycles. The zero-order valence-corrected chi connectivity index (χ0v) is 13.0. The number of fused-ring (bicyclic) bond motifs is 1. The van der Waals surface area contributed by atoms with Crippen molar-refractivity contribution in [3.8, 4) is 5.75 Å². The fourth-order valence-corrected chi connectivity index (χ4v) is 2.93. The monoisotopic (exact) mass is 313 g/mol. The lowest BCUT2D eigenvalue weighted by Crippen LogP contribution is -2.29. The summed E-state index contributed by atoms with van der Waals surface area (Å²) in [5.74, 6) is 0.490. The van der Waals surface area contributed by atoms with Gasteiger partial charge in [-0.3, -0.25) is 15.6 Å². The summed E-state index contributed by atoms with van der Waals surface area (Å²) >= 11 is 1.50. The van der Waals surface area contributed by atoms with Crippen LogP contribution in [0.25, 0.3) is 10.2 Å². The molecule has 3 aromatic rings. The van der Waals surface area contributed by atoms with E-state index in [2.05, 4.69) is 21.9 Å². The molecular formula is C16H15N3O2S. The van der Waals surface area contributed by atoms with E-state index in [0.29, 0.717) is 16.4 Å². The number of thiazole rings is 1. The molecule has 2 N–H and O–H groups in total. The second-order valence-corrected chi connectivity index (χ2v) is 5.83. The smallest absolute Gasteiger partial charge is 0.269 e. The van der Waals surface area contributed by atoms with E-state index in [4.69, 9.17) is 4.74 Å². The van der Waals surface area contributed by atoms with Crippen molar-refractivity contribution < 1.29 is 9.53 Å². The Labute approximate surface area is 131 Å². The molecule has 5 nitrogen and oxygen atoms in total. The van der Waals surface area contributed by atoms with Gasteiger partial charge in [-0.1, -0.05) is 17.4 Å². The van der Waals surface area contributed by atoms with Crippen LogP contribution in [0.1, 0.15) is 15.9 Å². The van der Waals surface area contributed by atoms with Crippen LogP contribution in [0.2, 0.25) is 0 Å². The van der Waals surface area contributed by atoms with Crippen LogP contribution in [-0.4, -0.2) is 18.0 Å². The SMILES string of the molecule is COc1ccc(C(=O)NNc2nc3ccc(C)cc3s2)cc1. The quantitative estimate of drug-likeness (QED) is 0.725. The largest absolute Gasteiger partial charge is 0.497 e. The number of aryl methyl sites for hydroxylation is 1. The molecule has 1 aromatic heterocycles. The van der Waals surface area contributed by atoms with Gasteiger partial charge in [-0.05, 0) is 48.9 Å². The Morgan fingerprint density at radius 2 is 1.95 bits per heavy atom. The van der Waals surface area contributed by atoms with Crippen LogP contribution >= 0.6 is 11.3 Å². The Bertz CT molecular complexity index is 812. The van der Waals surface area contributed by atoms with E-state index in [0.717, 1.165) is 10.2 Å². The number of rotatable bonds is 4. The Hall–Kier alpha value is -2.60. The molecule has 1 amide bonds. The summed E-state index contributed by atoms with van der Waals surface area (Å²) in [6, 6.07) is 13.0. The van der Waals surface area contributed by atoms with Crippen LogP contribution in [0.4, 0.5) is 5.13 Å². The molecule has 0 unspecified atom stereocenters. The molecule has 0 aliphatic rings. The van der Waals surface area contributed by atoms with Gasteiger partial charge in [0.1, 0.15) is 5.75 Å². The van der Waals surface area contributed by atoms with Gasteiger partial charge in [0.15, 0.2) is 0 Å². The van der Waals surface area contributed by atoms with Gasteiger partial charge in [0.05, 0.1) is 17.3 Å². The number of carbonyl (C=O) groups excluding carboxylic acids is 1. The van der Waals surface area contributed by atoms with E-state index in [1.54, 1.807) is 31.4 Å². The summed E-state index contributed by atoms with van der Waals surface area (Å²) in [6.45, 7) is 2.04. The first kappa shape index (κ1) is 14.3. The van der Waals surface area contributed by atoms with Gasteiger partial charge in [0.25, 0.3) is 5.91 Å². The molecule has 112 valence electrons. The number of nitrogens with one attached hydrogen (secondary N) is 2. The lowest BCUT2D eigenvalue weighted by Gasteiger charge is -2.06. The summed E-state index contributed by atoms with van der Waals surface area (Å²) < 4.78 is 6.15. The highest BCUT2D eigenvalue weighted by Gasteiger charge is 2.07. The predicted molar refractivity (Wildman–Crippen MR) is 88.4 cm³/mol. The Balaban J connectivity index is 1.68. The van der Waals surface area contributed by atoms with Gasteiger partial charge in [-0.15, -0.1) is 0 Å². The van der Waals surface area contributed by atoms with Gasteiger partial charge in [-0.25, -0.2) is 4.98 Å². The molecule has 0 spiro atoms. The molecule has 6 heteroatoms. The van der Waals surface area contributed by atoms with Gasteiger partial charge >= 0.3 is 0 Å². The molecule has 0 aliphatic carbocycles. The van der Waals surface area contributed by atoms with Crippen LogP contribution in [0.15, 0.2) is 42.5 Å². The van der Waals surface area contributed by atoms with Crippen molar-refractivity contribution in [3.05, 3.63) is 53.6 Å². The fourth-order valence-electron chi connectivity index (χ4n) is 2.01. The van der Waals surface area contributed by atoms with Crippen molar-refractivity contribution in [2.24, 2.45) is 0 Å². The van der Waals surface area contributed by atoms with Gasteiger partial charge in [-0.2, -0.15) is 0 Å². The standard InChI is InChI=1S/C16H15N3O2S/c1-10-3-8-13-14(9-10)22-16(17-13)19-18-15(20)11-4-6-12(21-2)7-5-11/h3-9H,1-2H3,(H,17,19)(H,18,20). The Kier molecular flexibility index (Phi) is 3.93. The number of aromatic nitrogens is 1. The normalized spacial score (nSPS) is 10.5. The number of ether oxygens (including phenoxy) is 1. The topological polar surface area (TPSA) is 63.2 Å². The van der Waals surface area contributed by atoms with Crippen LogP contribution < -0.4 is 15.6 Å². The summed E-state index contributed by atoms with van der Waals surface area (Å²) in [5.41, 5.74) is 8.15. The predicted octanol–water partition coefficient (Wildman–Crippen LogP) is 3.37. The van der Waals surface area contributed by atoms with E-state index in [1.165, 1.54) is 16.9 Å². The zero-order valence-electron chi connectivity index (χ0n) is 12.2. The minimum atomic E-state index is -0.224. The molecule has 0 saturated heterocycles. The highest BCUT2D eigenvalue weighted by molar-refractivity contribution is 7.22. The van der Waals surface area contributed by atoms with E-state index < -0.39 is 0 Å². The maximum Gasteiger partial charge on any atom is 0.269 e. The summed E-state index contributed by atoms with van der Waals surface area (Å²) in [6.07, 6.45) is 0. The van der Waals surface area contributed by atoms with Gasteiger partial charge in [0.2, 0.25) is 5.13 Å². The second kappa shape index (κ2) is 6.03.